The second kappa shape index (κ2) is 7.23. The van der Waals surface area contributed by atoms with E-state index in [0.29, 0.717) is 12.1 Å². The van der Waals surface area contributed by atoms with Crippen LogP contribution in [0.15, 0.2) is 28.7 Å². The summed E-state index contributed by atoms with van der Waals surface area (Å²) in [5, 5.41) is 3.01. The Hall–Kier alpha value is -0.870. The van der Waals surface area contributed by atoms with Gasteiger partial charge in [-0.1, -0.05) is 26.0 Å². The highest BCUT2D eigenvalue weighted by molar-refractivity contribution is 9.10. The first-order valence-electron chi connectivity index (χ1n) is 7.31. The van der Waals surface area contributed by atoms with Crippen LogP contribution in [0.4, 0.5) is 0 Å². The molecule has 1 N–H and O–H groups in total. The van der Waals surface area contributed by atoms with E-state index < -0.39 is 0 Å². The molecule has 1 aromatic rings. The number of carbonyl (C=O) groups is 1. The van der Waals surface area contributed by atoms with Crippen molar-refractivity contribution in [3.05, 3.63) is 34.3 Å². The summed E-state index contributed by atoms with van der Waals surface area (Å²) in [6.45, 7) is 8.56. The minimum Gasteiger partial charge on any atom is -0.351 e. The quantitative estimate of drug-likeness (QED) is 0.914. The Balaban J connectivity index is 1.78. The molecular formula is C16H23BrN2O. The van der Waals surface area contributed by atoms with E-state index in [9.17, 15) is 4.79 Å². The van der Waals surface area contributed by atoms with Gasteiger partial charge in [-0.2, -0.15) is 0 Å². The van der Waals surface area contributed by atoms with E-state index in [0.717, 1.165) is 35.9 Å². The highest BCUT2D eigenvalue weighted by atomic mass is 79.9. The number of hydrogen-bond acceptors (Lipinski definition) is 2. The lowest BCUT2D eigenvalue weighted by Crippen LogP contribution is -2.42. The summed E-state index contributed by atoms with van der Waals surface area (Å²) >= 11 is 3.41. The van der Waals surface area contributed by atoms with Crippen LogP contribution in [-0.4, -0.2) is 37.0 Å². The van der Waals surface area contributed by atoms with Crippen LogP contribution in [0, 0.1) is 11.8 Å². The fourth-order valence-electron chi connectivity index (χ4n) is 3.04. The SMILES string of the molecule is C[C@H]1C[C@H](C)CN(CCNC(=O)c2ccccc2Br)C1. The van der Waals surface area contributed by atoms with Gasteiger partial charge in [0.2, 0.25) is 0 Å². The Morgan fingerprint density at radius 1 is 1.30 bits per heavy atom. The smallest absolute Gasteiger partial charge is 0.252 e. The van der Waals surface area contributed by atoms with Gasteiger partial charge in [-0.25, -0.2) is 0 Å². The van der Waals surface area contributed by atoms with Gasteiger partial charge in [0.1, 0.15) is 0 Å². The molecule has 0 spiro atoms. The lowest BCUT2D eigenvalue weighted by atomic mass is 9.92. The molecule has 110 valence electrons. The third kappa shape index (κ3) is 4.32. The number of rotatable bonds is 4. The second-order valence-electron chi connectivity index (χ2n) is 5.94. The van der Waals surface area contributed by atoms with Crippen LogP contribution in [0.3, 0.4) is 0 Å². The minimum atomic E-state index is -0.00409. The number of halogens is 1. The van der Waals surface area contributed by atoms with Crippen LogP contribution in [0.2, 0.25) is 0 Å². The fraction of sp³-hybridized carbons (Fsp3) is 0.562. The van der Waals surface area contributed by atoms with Gasteiger partial charge in [-0.3, -0.25) is 4.79 Å². The van der Waals surface area contributed by atoms with Gasteiger partial charge in [-0.05, 0) is 46.3 Å². The van der Waals surface area contributed by atoms with E-state index >= 15 is 0 Å². The second-order valence-corrected chi connectivity index (χ2v) is 6.80. The van der Waals surface area contributed by atoms with Gasteiger partial charge >= 0.3 is 0 Å². The van der Waals surface area contributed by atoms with Crippen molar-refractivity contribution < 1.29 is 4.79 Å². The molecule has 1 aliphatic rings. The number of benzene rings is 1. The highest BCUT2D eigenvalue weighted by Crippen LogP contribution is 2.20. The number of likely N-dealkylation sites (tertiary alicyclic amines) is 1. The lowest BCUT2D eigenvalue weighted by molar-refractivity contribution is 0.0936. The van der Waals surface area contributed by atoms with Crippen molar-refractivity contribution in [3.63, 3.8) is 0 Å². The largest absolute Gasteiger partial charge is 0.351 e. The molecule has 1 saturated heterocycles. The summed E-state index contributed by atoms with van der Waals surface area (Å²) in [4.78, 5) is 14.5. The van der Waals surface area contributed by atoms with E-state index in [4.69, 9.17) is 0 Å². The molecular weight excluding hydrogens is 316 g/mol. The van der Waals surface area contributed by atoms with Crippen molar-refractivity contribution in [1.82, 2.24) is 10.2 Å². The zero-order valence-electron chi connectivity index (χ0n) is 12.2. The zero-order valence-corrected chi connectivity index (χ0v) is 13.8. The molecule has 1 amide bonds. The Morgan fingerprint density at radius 3 is 2.60 bits per heavy atom. The number of nitrogens with one attached hydrogen (secondary N) is 1. The maximum absolute atomic E-state index is 12.1. The molecule has 1 aromatic carbocycles. The summed E-state index contributed by atoms with van der Waals surface area (Å²) < 4.78 is 0.845. The average molecular weight is 339 g/mol. The first kappa shape index (κ1) is 15.5. The third-order valence-electron chi connectivity index (χ3n) is 3.78. The summed E-state index contributed by atoms with van der Waals surface area (Å²) in [5.41, 5.74) is 0.702. The van der Waals surface area contributed by atoms with Crippen molar-refractivity contribution in [3.8, 4) is 0 Å². The van der Waals surface area contributed by atoms with Crippen LogP contribution in [-0.2, 0) is 0 Å². The fourth-order valence-corrected chi connectivity index (χ4v) is 3.51. The van der Waals surface area contributed by atoms with Gasteiger partial charge in [0.05, 0.1) is 5.56 Å². The molecule has 4 heteroatoms. The molecule has 2 rings (SSSR count). The number of nitrogens with zero attached hydrogens (tertiary/aromatic N) is 1. The number of hydrogen-bond donors (Lipinski definition) is 1. The average Bonchev–Trinajstić information content (AvgIpc) is 2.38. The number of amides is 1. The Labute approximate surface area is 129 Å². The summed E-state index contributed by atoms with van der Waals surface area (Å²) in [6.07, 6.45) is 1.32. The first-order chi connectivity index (χ1) is 9.56. The summed E-state index contributed by atoms with van der Waals surface area (Å²) in [7, 11) is 0. The van der Waals surface area contributed by atoms with Gasteiger partial charge in [0.15, 0.2) is 0 Å². The molecule has 0 aromatic heterocycles. The van der Waals surface area contributed by atoms with Gasteiger partial charge < -0.3 is 10.2 Å². The number of carbonyl (C=O) groups excluding carboxylic acids is 1. The van der Waals surface area contributed by atoms with E-state index in [1.807, 2.05) is 24.3 Å². The van der Waals surface area contributed by atoms with E-state index in [1.165, 1.54) is 6.42 Å². The van der Waals surface area contributed by atoms with Crippen LogP contribution in [0.25, 0.3) is 0 Å². The summed E-state index contributed by atoms with van der Waals surface area (Å²) in [6, 6.07) is 7.53. The third-order valence-corrected chi connectivity index (χ3v) is 4.47. The molecule has 3 nitrogen and oxygen atoms in total. The van der Waals surface area contributed by atoms with Crippen molar-refractivity contribution in [2.24, 2.45) is 11.8 Å². The highest BCUT2D eigenvalue weighted by Gasteiger charge is 2.21. The molecule has 2 atom stereocenters. The van der Waals surface area contributed by atoms with Crippen molar-refractivity contribution in [2.45, 2.75) is 20.3 Å². The van der Waals surface area contributed by atoms with E-state index in [2.05, 4.69) is 40.0 Å². The predicted molar refractivity (Wildman–Crippen MR) is 85.9 cm³/mol. The topological polar surface area (TPSA) is 32.3 Å². The summed E-state index contributed by atoms with van der Waals surface area (Å²) in [5.74, 6) is 1.52. The van der Waals surface area contributed by atoms with Gasteiger partial charge in [0, 0.05) is 30.7 Å². The van der Waals surface area contributed by atoms with Crippen molar-refractivity contribution in [2.75, 3.05) is 26.2 Å². The maximum atomic E-state index is 12.1. The Kier molecular flexibility index (Phi) is 5.61. The first-order valence-corrected chi connectivity index (χ1v) is 8.10. The monoisotopic (exact) mass is 338 g/mol. The van der Waals surface area contributed by atoms with Crippen LogP contribution in [0.1, 0.15) is 30.6 Å². The Bertz CT molecular complexity index is 454. The molecule has 0 radical (unpaired) electrons. The minimum absolute atomic E-state index is 0.00409. The maximum Gasteiger partial charge on any atom is 0.252 e. The van der Waals surface area contributed by atoms with Gasteiger partial charge in [0.25, 0.3) is 5.91 Å². The lowest BCUT2D eigenvalue weighted by Gasteiger charge is -2.34. The molecule has 0 bridgehead atoms. The molecule has 1 heterocycles. The standard InChI is InChI=1S/C16H23BrN2O/c1-12-9-13(2)11-19(10-12)8-7-18-16(20)14-5-3-4-6-15(14)17/h3-6,12-13H,7-11H2,1-2H3,(H,18,20)/t12-,13-/m0/s1. The van der Waals surface area contributed by atoms with Crippen LogP contribution >= 0.6 is 15.9 Å². The van der Waals surface area contributed by atoms with Crippen molar-refractivity contribution >= 4 is 21.8 Å². The number of piperidine rings is 1. The van der Waals surface area contributed by atoms with Crippen molar-refractivity contribution in [1.29, 1.82) is 0 Å². The van der Waals surface area contributed by atoms with E-state index in [-0.39, 0.29) is 5.91 Å². The molecule has 0 saturated carbocycles. The predicted octanol–water partition coefficient (Wildman–Crippen LogP) is 3.16. The van der Waals surface area contributed by atoms with Gasteiger partial charge in [-0.15, -0.1) is 0 Å². The molecule has 20 heavy (non-hydrogen) atoms. The normalized spacial score (nSPS) is 23.6. The Morgan fingerprint density at radius 2 is 1.95 bits per heavy atom. The van der Waals surface area contributed by atoms with E-state index in [1.54, 1.807) is 0 Å². The molecule has 0 aliphatic carbocycles. The van der Waals surface area contributed by atoms with Crippen LogP contribution < -0.4 is 5.32 Å². The molecule has 1 fully saturated rings. The molecule has 1 aliphatic heterocycles. The zero-order chi connectivity index (χ0) is 14.5. The van der Waals surface area contributed by atoms with Crippen LogP contribution in [0.5, 0.6) is 0 Å². The molecule has 0 unspecified atom stereocenters.